The third kappa shape index (κ3) is 4.56. The number of thiophene rings is 1. The van der Waals surface area contributed by atoms with Crippen molar-refractivity contribution in [3.63, 3.8) is 0 Å². The van der Waals surface area contributed by atoms with Gasteiger partial charge < -0.3 is 14.7 Å². The predicted octanol–water partition coefficient (Wildman–Crippen LogP) is 4.96. The van der Waals surface area contributed by atoms with Crippen LogP contribution >= 0.6 is 23.1 Å². The Balaban J connectivity index is 1.25. The molecule has 4 rings (SSSR count). The first-order chi connectivity index (χ1) is 13.6. The zero-order valence-electron chi connectivity index (χ0n) is 15.6. The van der Waals surface area contributed by atoms with E-state index in [0.29, 0.717) is 11.5 Å². The molecule has 0 atom stereocenters. The van der Waals surface area contributed by atoms with Crippen molar-refractivity contribution < 1.29 is 13.7 Å². The number of nitrogens with one attached hydrogen (secondary N) is 1. The Morgan fingerprint density at radius 3 is 2.96 bits per heavy atom. The highest BCUT2D eigenvalue weighted by molar-refractivity contribution is 8.01. The van der Waals surface area contributed by atoms with Crippen molar-refractivity contribution in [1.29, 1.82) is 0 Å². The van der Waals surface area contributed by atoms with Crippen LogP contribution in [0.1, 0.15) is 31.4 Å². The Morgan fingerprint density at radius 2 is 2.18 bits per heavy atom. The van der Waals surface area contributed by atoms with Gasteiger partial charge in [0.15, 0.2) is 5.58 Å². The summed E-state index contributed by atoms with van der Waals surface area (Å²) in [5, 5.41) is 8.87. The minimum atomic E-state index is -0.294. The van der Waals surface area contributed by atoms with Crippen molar-refractivity contribution in [3.8, 4) is 0 Å². The number of thioether (sulfide) groups is 1. The van der Waals surface area contributed by atoms with Crippen LogP contribution in [0.2, 0.25) is 0 Å². The number of anilines is 1. The molecule has 3 heterocycles. The van der Waals surface area contributed by atoms with Crippen LogP contribution in [-0.4, -0.2) is 41.4 Å². The van der Waals surface area contributed by atoms with Gasteiger partial charge in [0.1, 0.15) is 5.82 Å². The number of rotatable bonds is 6. The molecule has 1 aliphatic rings. The van der Waals surface area contributed by atoms with Gasteiger partial charge in [0.25, 0.3) is 0 Å². The van der Waals surface area contributed by atoms with E-state index in [-0.39, 0.29) is 11.7 Å². The van der Waals surface area contributed by atoms with Crippen LogP contribution in [0.4, 0.5) is 9.39 Å². The number of fused-ring (bicyclic) bond motifs is 1. The summed E-state index contributed by atoms with van der Waals surface area (Å²) >= 11 is 3.44. The highest BCUT2D eigenvalue weighted by Gasteiger charge is 2.25. The number of halogens is 1. The molecule has 0 bridgehead atoms. The minimum absolute atomic E-state index is 0.0358. The zero-order chi connectivity index (χ0) is 19.5. The van der Waals surface area contributed by atoms with E-state index in [1.165, 1.54) is 23.3 Å². The summed E-state index contributed by atoms with van der Waals surface area (Å²) < 4.78 is 19.9. The molecule has 3 aromatic rings. The molecular weight excluding hydrogens is 397 g/mol. The van der Waals surface area contributed by atoms with E-state index in [1.54, 1.807) is 17.4 Å². The number of aromatic nitrogens is 1. The quantitative estimate of drug-likeness (QED) is 0.573. The van der Waals surface area contributed by atoms with Gasteiger partial charge >= 0.3 is 0 Å². The van der Waals surface area contributed by atoms with Crippen LogP contribution < -0.4 is 5.32 Å². The number of benzene rings is 1. The maximum absolute atomic E-state index is 13.3. The number of amides is 1. The Kier molecular flexibility index (Phi) is 5.99. The maximum atomic E-state index is 13.3. The third-order valence-electron chi connectivity index (χ3n) is 4.97. The molecule has 28 heavy (non-hydrogen) atoms. The molecule has 0 radical (unpaired) electrons. The fraction of sp³-hybridized carbons (Fsp3) is 0.400. The standard InChI is InChI=1S/C20H22FN3O2S2/c1-13(25)22-18-4-5-19(28-18)27-11-10-24-8-6-14(7-9-24)20-16-3-2-15(21)12-17(16)26-23-20/h2-5,12,14H,6-11H2,1H3,(H,22,25). The van der Waals surface area contributed by atoms with Gasteiger partial charge in [0, 0.05) is 36.6 Å². The third-order valence-corrected chi connectivity index (χ3v) is 7.17. The molecule has 5 nitrogen and oxygen atoms in total. The van der Waals surface area contributed by atoms with Gasteiger partial charge in [-0.15, -0.1) is 23.1 Å². The van der Waals surface area contributed by atoms with E-state index in [1.807, 2.05) is 17.8 Å². The van der Waals surface area contributed by atoms with Crippen molar-refractivity contribution in [3.05, 3.63) is 41.8 Å². The largest absolute Gasteiger partial charge is 0.356 e. The first-order valence-corrected chi connectivity index (χ1v) is 11.2. The minimum Gasteiger partial charge on any atom is -0.356 e. The van der Waals surface area contributed by atoms with Gasteiger partial charge in [0.2, 0.25) is 5.91 Å². The van der Waals surface area contributed by atoms with Crippen molar-refractivity contribution in [2.75, 3.05) is 30.7 Å². The Labute approximate surface area is 171 Å². The van der Waals surface area contributed by atoms with Crippen LogP contribution in [0, 0.1) is 5.82 Å². The molecule has 1 aliphatic heterocycles. The lowest BCUT2D eigenvalue weighted by Crippen LogP contribution is -2.34. The molecule has 1 saturated heterocycles. The van der Waals surface area contributed by atoms with Gasteiger partial charge in [-0.2, -0.15) is 0 Å². The van der Waals surface area contributed by atoms with Crippen LogP contribution in [0.15, 0.2) is 39.1 Å². The molecule has 0 unspecified atom stereocenters. The molecule has 1 amide bonds. The summed E-state index contributed by atoms with van der Waals surface area (Å²) in [5.41, 5.74) is 1.50. The second-order valence-corrected chi connectivity index (χ2v) is 9.45. The average molecular weight is 420 g/mol. The monoisotopic (exact) mass is 419 g/mol. The van der Waals surface area contributed by atoms with Crippen molar-refractivity contribution >= 4 is 45.0 Å². The number of nitrogens with zero attached hydrogens (tertiary/aromatic N) is 2. The van der Waals surface area contributed by atoms with E-state index in [9.17, 15) is 9.18 Å². The molecular formula is C20H22FN3O2S2. The molecule has 0 aliphatic carbocycles. The lowest BCUT2D eigenvalue weighted by Gasteiger charge is -2.30. The van der Waals surface area contributed by atoms with E-state index in [0.717, 1.165) is 54.3 Å². The molecule has 148 valence electrons. The van der Waals surface area contributed by atoms with Crippen LogP contribution in [0.5, 0.6) is 0 Å². The fourth-order valence-electron chi connectivity index (χ4n) is 3.57. The van der Waals surface area contributed by atoms with Crippen molar-refractivity contribution in [2.45, 2.75) is 29.9 Å². The zero-order valence-corrected chi connectivity index (χ0v) is 17.2. The summed E-state index contributed by atoms with van der Waals surface area (Å²) in [7, 11) is 0. The van der Waals surface area contributed by atoms with Crippen LogP contribution in [-0.2, 0) is 4.79 Å². The first-order valence-electron chi connectivity index (χ1n) is 9.36. The van der Waals surface area contributed by atoms with Crippen LogP contribution in [0.3, 0.4) is 0 Å². The van der Waals surface area contributed by atoms with Gasteiger partial charge in [0.05, 0.1) is 14.9 Å². The second kappa shape index (κ2) is 8.63. The maximum Gasteiger partial charge on any atom is 0.221 e. The topological polar surface area (TPSA) is 58.4 Å². The van der Waals surface area contributed by atoms with Gasteiger partial charge in [-0.1, -0.05) is 5.16 Å². The molecule has 2 aromatic heterocycles. The highest BCUT2D eigenvalue weighted by Crippen LogP contribution is 2.34. The van der Waals surface area contributed by atoms with E-state index in [4.69, 9.17) is 4.52 Å². The van der Waals surface area contributed by atoms with Crippen LogP contribution in [0.25, 0.3) is 11.0 Å². The Bertz CT molecular complexity index is 963. The van der Waals surface area contributed by atoms with E-state index >= 15 is 0 Å². The average Bonchev–Trinajstić information content (AvgIpc) is 3.28. The molecule has 1 fully saturated rings. The number of hydrogen-bond donors (Lipinski definition) is 1. The summed E-state index contributed by atoms with van der Waals surface area (Å²) in [6.07, 6.45) is 2.07. The molecule has 1 aromatic carbocycles. The van der Waals surface area contributed by atoms with E-state index < -0.39 is 0 Å². The van der Waals surface area contributed by atoms with Gasteiger partial charge in [-0.05, 0) is 50.2 Å². The summed E-state index contributed by atoms with van der Waals surface area (Å²) in [5.74, 6) is 1.06. The van der Waals surface area contributed by atoms with Gasteiger partial charge in [-0.3, -0.25) is 4.79 Å². The molecule has 8 heteroatoms. The predicted molar refractivity (Wildman–Crippen MR) is 112 cm³/mol. The second-order valence-electron chi connectivity index (χ2n) is 6.97. The number of piperidine rings is 1. The molecule has 0 spiro atoms. The first kappa shape index (κ1) is 19.4. The lowest BCUT2D eigenvalue weighted by molar-refractivity contribution is -0.114. The fourth-order valence-corrected chi connectivity index (χ4v) is 5.72. The Morgan fingerprint density at radius 1 is 1.36 bits per heavy atom. The summed E-state index contributed by atoms with van der Waals surface area (Å²) in [6, 6.07) is 8.66. The van der Waals surface area contributed by atoms with Gasteiger partial charge in [-0.25, -0.2) is 4.39 Å². The SMILES string of the molecule is CC(=O)Nc1ccc(SCCN2CCC(c3noc4cc(F)ccc34)CC2)s1. The van der Waals surface area contributed by atoms with Crippen molar-refractivity contribution in [2.24, 2.45) is 0 Å². The summed E-state index contributed by atoms with van der Waals surface area (Å²) in [6.45, 7) is 4.62. The van der Waals surface area contributed by atoms with E-state index in [2.05, 4.69) is 21.4 Å². The molecule has 1 N–H and O–H groups in total. The normalized spacial score (nSPS) is 15.9. The number of likely N-dealkylation sites (tertiary alicyclic amines) is 1. The smallest absolute Gasteiger partial charge is 0.221 e. The van der Waals surface area contributed by atoms with Crippen molar-refractivity contribution in [1.82, 2.24) is 10.1 Å². The number of carbonyl (C=O) groups is 1. The lowest BCUT2D eigenvalue weighted by atomic mass is 9.91. The number of carbonyl (C=O) groups excluding carboxylic acids is 1. The molecule has 0 saturated carbocycles. The highest BCUT2D eigenvalue weighted by atomic mass is 32.2. The number of hydrogen-bond acceptors (Lipinski definition) is 6. The summed E-state index contributed by atoms with van der Waals surface area (Å²) in [4.78, 5) is 13.6. The Hall–Kier alpha value is -1.90.